The van der Waals surface area contributed by atoms with Gasteiger partial charge in [0.1, 0.15) is 5.75 Å². The summed E-state index contributed by atoms with van der Waals surface area (Å²) in [5.41, 5.74) is 1.65. The molecule has 1 aromatic rings. The number of anilines is 1. The van der Waals surface area contributed by atoms with Crippen molar-refractivity contribution in [3.05, 3.63) is 23.8 Å². The zero-order chi connectivity index (χ0) is 17.4. The summed E-state index contributed by atoms with van der Waals surface area (Å²) in [6.45, 7) is 1.93. The van der Waals surface area contributed by atoms with E-state index in [0.29, 0.717) is 23.8 Å². The molecule has 2 rings (SSSR count). The molecule has 0 radical (unpaired) electrons. The van der Waals surface area contributed by atoms with Crippen LogP contribution in [0.1, 0.15) is 50.5 Å². The molecule has 2 N–H and O–H groups in total. The standard InChI is InChI=1S/C19H28N2O3/c1-14-8-10-17(24-2)16(12-14)21-19(23)13-20-18(22)11-9-15-6-4-3-5-7-15/h8,10,12,15H,3-7,9,11,13H2,1-2H3,(H,20,22)(H,21,23). The summed E-state index contributed by atoms with van der Waals surface area (Å²) in [7, 11) is 1.56. The molecule has 0 bridgehead atoms. The lowest BCUT2D eigenvalue weighted by atomic mass is 9.86. The molecule has 0 atom stereocenters. The molecule has 132 valence electrons. The summed E-state index contributed by atoms with van der Waals surface area (Å²) >= 11 is 0. The largest absolute Gasteiger partial charge is 0.495 e. The molecular weight excluding hydrogens is 304 g/mol. The van der Waals surface area contributed by atoms with Crippen LogP contribution in [-0.4, -0.2) is 25.5 Å². The fourth-order valence-corrected chi connectivity index (χ4v) is 3.19. The highest BCUT2D eigenvalue weighted by Gasteiger charge is 2.15. The van der Waals surface area contributed by atoms with E-state index in [-0.39, 0.29) is 18.4 Å². The van der Waals surface area contributed by atoms with Crippen LogP contribution in [0.15, 0.2) is 18.2 Å². The van der Waals surface area contributed by atoms with E-state index in [1.165, 1.54) is 32.1 Å². The van der Waals surface area contributed by atoms with Crippen molar-refractivity contribution in [2.75, 3.05) is 19.0 Å². The molecule has 0 aliphatic heterocycles. The van der Waals surface area contributed by atoms with Crippen molar-refractivity contribution in [2.45, 2.75) is 51.9 Å². The number of carbonyl (C=O) groups is 2. The Morgan fingerprint density at radius 3 is 2.62 bits per heavy atom. The summed E-state index contributed by atoms with van der Waals surface area (Å²) in [6.07, 6.45) is 7.80. The van der Waals surface area contributed by atoms with Crippen LogP contribution in [-0.2, 0) is 9.59 Å². The van der Waals surface area contributed by atoms with Gasteiger partial charge in [0.25, 0.3) is 0 Å². The third-order valence-electron chi connectivity index (χ3n) is 4.58. The summed E-state index contributed by atoms with van der Waals surface area (Å²) < 4.78 is 5.23. The molecule has 1 saturated carbocycles. The number of hydrogen-bond acceptors (Lipinski definition) is 3. The molecule has 0 saturated heterocycles. The van der Waals surface area contributed by atoms with E-state index in [9.17, 15) is 9.59 Å². The van der Waals surface area contributed by atoms with E-state index in [0.717, 1.165) is 12.0 Å². The molecule has 0 unspecified atom stereocenters. The van der Waals surface area contributed by atoms with Crippen molar-refractivity contribution in [3.63, 3.8) is 0 Å². The Kier molecular flexibility index (Phi) is 7.09. The first kappa shape index (κ1) is 18.3. The number of methoxy groups -OCH3 is 1. The average Bonchev–Trinajstić information content (AvgIpc) is 2.59. The maximum Gasteiger partial charge on any atom is 0.243 e. The topological polar surface area (TPSA) is 67.4 Å². The van der Waals surface area contributed by atoms with Gasteiger partial charge >= 0.3 is 0 Å². The van der Waals surface area contributed by atoms with Crippen molar-refractivity contribution in [1.29, 1.82) is 0 Å². The second-order valence-corrected chi connectivity index (χ2v) is 6.57. The van der Waals surface area contributed by atoms with Gasteiger partial charge in [0.05, 0.1) is 19.3 Å². The van der Waals surface area contributed by atoms with Gasteiger partial charge in [-0.3, -0.25) is 9.59 Å². The van der Waals surface area contributed by atoms with Gasteiger partial charge < -0.3 is 15.4 Å². The zero-order valence-corrected chi connectivity index (χ0v) is 14.7. The zero-order valence-electron chi connectivity index (χ0n) is 14.7. The van der Waals surface area contributed by atoms with Crippen LogP contribution in [0.25, 0.3) is 0 Å². The van der Waals surface area contributed by atoms with E-state index in [1.807, 2.05) is 25.1 Å². The molecule has 1 aromatic carbocycles. The molecule has 0 spiro atoms. The smallest absolute Gasteiger partial charge is 0.243 e. The minimum absolute atomic E-state index is 0.0133. The van der Waals surface area contributed by atoms with Crippen LogP contribution in [0.5, 0.6) is 5.75 Å². The van der Waals surface area contributed by atoms with Gasteiger partial charge in [-0.25, -0.2) is 0 Å². The average molecular weight is 332 g/mol. The maximum atomic E-state index is 12.0. The Hall–Kier alpha value is -2.04. The Bertz CT molecular complexity index is 566. The van der Waals surface area contributed by atoms with Crippen LogP contribution in [0.3, 0.4) is 0 Å². The van der Waals surface area contributed by atoms with Crippen LogP contribution in [0.4, 0.5) is 5.69 Å². The number of benzene rings is 1. The van der Waals surface area contributed by atoms with E-state index in [1.54, 1.807) is 7.11 Å². The number of rotatable bonds is 7. The minimum Gasteiger partial charge on any atom is -0.495 e. The van der Waals surface area contributed by atoms with Crippen molar-refractivity contribution in [2.24, 2.45) is 5.92 Å². The van der Waals surface area contributed by atoms with Crippen LogP contribution in [0, 0.1) is 12.8 Å². The molecule has 1 fully saturated rings. The van der Waals surface area contributed by atoms with Gasteiger partial charge in [-0.05, 0) is 37.0 Å². The number of carbonyl (C=O) groups excluding carboxylic acids is 2. The first-order valence-corrected chi connectivity index (χ1v) is 8.79. The number of aryl methyl sites for hydroxylation is 1. The second-order valence-electron chi connectivity index (χ2n) is 6.57. The Morgan fingerprint density at radius 2 is 1.92 bits per heavy atom. The van der Waals surface area contributed by atoms with Crippen LogP contribution >= 0.6 is 0 Å². The first-order chi connectivity index (χ1) is 11.6. The van der Waals surface area contributed by atoms with Gasteiger partial charge in [-0.15, -0.1) is 0 Å². The van der Waals surface area contributed by atoms with Gasteiger partial charge in [-0.1, -0.05) is 38.2 Å². The molecule has 0 heterocycles. The Morgan fingerprint density at radius 1 is 1.17 bits per heavy atom. The Balaban J connectivity index is 1.72. The van der Waals surface area contributed by atoms with Crippen molar-refractivity contribution >= 4 is 17.5 Å². The molecule has 5 nitrogen and oxygen atoms in total. The molecule has 2 amide bonds. The van der Waals surface area contributed by atoms with Crippen molar-refractivity contribution < 1.29 is 14.3 Å². The predicted octanol–water partition coefficient (Wildman–Crippen LogP) is 3.42. The van der Waals surface area contributed by atoms with Gasteiger partial charge in [0.15, 0.2) is 0 Å². The third-order valence-corrected chi connectivity index (χ3v) is 4.58. The number of ether oxygens (including phenoxy) is 1. The lowest BCUT2D eigenvalue weighted by molar-refractivity contribution is -0.124. The third kappa shape index (κ3) is 5.87. The second kappa shape index (κ2) is 9.30. The van der Waals surface area contributed by atoms with Crippen LogP contribution in [0.2, 0.25) is 0 Å². The molecule has 5 heteroatoms. The number of hydrogen-bond donors (Lipinski definition) is 2. The Labute approximate surface area is 144 Å². The normalized spacial score (nSPS) is 14.9. The first-order valence-electron chi connectivity index (χ1n) is 8.79. The maximum absolute atomic E-state index is 12.0. The van der Waals surface area contributed by atoms with Crippen molar-refractivity contribution in [1.82, 2.24) is 5.32 Å². The monoisotopic (exact) mass is 332 g/mol. The van der Waals surface area contributed by atoms with E-state index >= 15 is 0 Å². The highest BCUT2D eigenvalue weighted by Crippen LogP contribution is 2.27. The summed E-state index contributed by atoms with van der Waals surface area (Å²) in [5.74, 6) is 0.990. The molecular formula is C19H28N2O3. The molecule has 24 heavy (non-hydrogen) atoms. The van der Waals surface area contributed by atoms with E-state index in [2.05, 4.69) is 10.6 Å². The number of amides is 2. The van der Waals surface area contributed by atoms with E-state index in [4.69, 9.17) is 4.74 Å². The van der Waals surface area contributed by atoms with Crippen LogP contribution < -0.4 is 15.4 Å². The lowest BCUT2D eigenvalue weighted by Gasteiger charge is -2.20. The highest BCUT2D eigenvalue weighted by atomic mass is 16.5. The van der Waals surface area contributed by atoms with Gasteiger partial charge in [-0.2, -0.15) is 0 Å². The van der Waals surface area contributed by atoms with Gasteiger partial charge in [0, 0.05) is 6.42 Å². The molecule has 1 aliphatic carbocycles. The quantitative estimate of drug-likeness (QED) is 0.804. The summed E-state index contributed by atoms with van der Waals surface area (Å²) in [4.78, 5) is 23.9. The lowest BCUT2D eigenvalue weighted by Crippen LogP contribution is -2.33. The van der Waals surface area contributed by atoms with E-state index < -0.39 is 0 Å². The fourth-order valence-electron chi connectivity index (χ4n) is 3.19. The van der Waals surface area contributed by atoms with Gasteiger partial charge in [0.2, 0.25) is 11.8 Å². The molecule has 0 aromatic heterocycles. The predicted molar refractivity (Wildman–Crippen MR) is 95.2 cm³/mol. The summed E-state index contributed by atoms with van der Waals surface area (Å²) in [5, 5.41) is 5.49. The van der Waals surface area contributed by atoms with Crippen molar-refractivity contribution in [3.8, 4) is 5.75 Å². The SMILES string of the molecule is COc1ccc(C)cc1NC(=O)CNC(=O)CCC1CCCCC1. The highest BCUT2D eigenvalue weighted by molar-refractivity contribution is 5.95. The fraction of sp³-hybridized carbons (Fsp3) is 0.579. The summed E-state index contributed by atoms with van der Waals surface area (Å²) in [6, 6.07) is 5.58. The minimum atomic E-state index is -0.245. The number of nitrogens with one attached hydrogen (secondary N) is 2. The molecule has 1 aliphatic rings.